The monoisotopic (exact) mass is 283 g/mol. The first-order valence-electron chi connectivity index (χ1n) is 13.5. The van der Waals surface area contributed by atoms with Gasteiger partial charge in [-0.1, -0.05) is 38.3 Å². The Hall–Kier alpha value is -1.63. The molecule has 20 heavy (non-hydrogen) atoms. The lowest BCUT2D eigenvalue weighted by Gasteiger charge is -2.20. The SMILES string of the molecule is [2H]C([2H])([2H])c1ccc(-c2cc(C([2H])([2H])[2H])c(C(C([2H])([2H])[2H])(C([2H])([2H])[2H])C([2H])([2H])[2H])c[n+]2C)c(C)c1. The lowest BCUT2D eigenvalue weighted by atomic mass is 9.84. The lowest BCUT2D eigenvalue weighted by molar-refractivity contribution is -0.661. The Balaban J connectivity index is 3.06. The van der Waals surface area contributed by atoms with E-state index in [0.29, 0.717) is 11.1 Å². The van der Waals surface area contributed by atoms with E-state index < -0.39 is 50.8 Å². The molecule has 2 rings (SSSR count). The number of hydrogen-bond acceptors (Lipinski definition) is 0. The van der Waals surface area contributed by atoms with Crippen molar-refractivity contribution in [1.82, 2.24) is 0 Å². The molecule has 0 N–H and O–H groups in total. The van der Waals surface area contributed by atoms with Gasteiger partial charge in [0.25, 0.3) is 0 Å². The fourth-order valence-corrected chi connectivity index (χ4v) is 2.17. The van der Waals surface area contributed by atoms with E-state index >= 15 is 0 Å². The molecular formula is C19H26N+. The second-order valence-electron chi connectivity index (χ2n) is 4.88. The van der Waals surface area contributed by atoms with Crippen molar-refractivity contribution in [3.05, 3.63) is 52.7 Å². The summed E-state index contributed by atoms with van der Waals surface area (Å²) in [6.45, 7) is -14.7. The lowest BCUT2D eigenvalue weighted by Crippen LogP contribution is -2.34. The van der Waals surface area contributed by atoms with Gasteiger partial charge in [-0.3, -0.25) is 0 Å². The zero-order valence-corrected chi connectivity index (χ0v) is 11.3. The standard InChI is InChI=1S/C19H26N/c1-13-8-9-16(14(2)10-13)18-11-15(3)17(12-20(18)7)19(4,5)6/h8-12H,1-7H3/q+1/i1D3,3D3,4D3,5D3,6D3. The van der Waals surface area contributed by atoms with E-state index in [1.165, 1.54) is 29.8 Å². The summed E-state index contributed by atoms with van der Waals surface area (Å²) < 4.78 is 120. The van der Waals surface area contributed by atoms with E-state index in [9.17, 15) is 0 Å². The molecule has 0 saturated carbocycles. The maximum Gasteiger partial charge on any atom is 0.212 e. The topological polar surface area (TPSA) is 3.88 Å². The number of rotatable bonds is 1. The number of benzene rings is 1. The predicted octanol–water partition coefficient (Wildman–Crippen LogP) is 4.40. The summed E-state index contributed by atoms with van der Waals surface area (Å²) in [6, 6.07) is 5.26. The molecule has 0 radical (unpaired) electrons. The number of hydrogen-bond donors (Lipinski definition) is 0. The zero-order chi connectivity index (χ0) is 27.6. The summed E-state index contributed by atoms with van der Waals surface area (Å²) in [5, 5.41) is 0. The normalized spacial score (nSPS) is 26.0. The van der Waals surface area contributed by atoms with E-state index in [0.717, 1.165) is 12.3 Å². The molecule has 0 atom stereocenters. The average Bonchev–Trinajstić information content (AvgIpc) is 2.57. The van der Waals surface area contributed by atoms with Gasteiger partial charge in [0, 0.05) is 37.8 Å². The average molecular weight is 284 g/mol. The number of aromatic nitrogens is 1. The van der Waals surface area contributed by atoms with Crippen molar-refractivity contribution in [2.45, 2.75) is 46.6 Å². The van der Waals surface area contributed by atoms with Crippen LogP contribution in [0, 0.1) is 20.6 Å². The zero-order valence-electron chi connectivity index (χ0n) is 26.3. The largest absolute Gasteiger partial charge is 0.212 e. The Kier molecular flexibility index (Phi) is 1.18. The van der Waals surface area contributed by atoms with Crippen molar-refractivity contribution < 1.29 is 25.1 Å². The molecule has 2 aromatic rings. The van der Waals surface area contributed by atoms with E-state index in [1.54, 1.807) is 6.92 Å². The number of aryl methyl sites for hydroxylation is 4. The molecule has 1 nitrogen and oxygen atoms in total. The van der Waals surface area contributed by atoms with Crippen LogP contribution in [-0.2, 0) is 12.5 Å². The summed E-state index contributed by atoms with van der Waals surface area (Å²) in [5.41, 5.74) is -3.95. The minimum absolute atomic E-state index is 0.0558. The van der Waals surface area contributed by atoms with Crippen LogP contribution in [0.2, 0.25) is 0 Å². The first-order chi connectivity index (χ1) is 15.4. The molecule has 1 heterocycles. The van der Waals surface area contributed by atoms with Crippen LogP contribution in [0.1, 0.15) is 63.4 Å². The van der Waals surface area contributed by atoms with Crippen LogP contribution in [0.3, 0.4) is 0 Å². The summed E-state index contributed by atoms with van der Waals surface area (Å²) in [5.74, 6) is 0. The van der Waals surface area contributed by atoms with Crippen molar-refractivity contribution in [3.63, 3.8) is 0 Å². The summed E-state index contributed by atoms with van der Waals surface area (Å²) >= 11 is 0. The van der Waals surface area contributed by atoms with Gasteiger partial charge in [0.2, 0.25) is 5.69 Å². The van der Waals surface area contributed by atoms with Gasteiger partial charge in [0.1, 0.15) is 7.05 Å². The molecule has 0 amide bonds. The molecule has 0 fully saturated rings. The minimum atomic E-state index is -3.63. The Labute approximate surface area is 144 Å². The van der Waals surface area contributed by atoms with E-state index in [1.807, 2.05) is 0 Å². The van der Waals surface area contributed by atoms with E-state index in [2.05, 4.69) is 0 Å². The Morgan fingerprint density at radius 1 is 1.05 bits per heavy atom. The highest BCUT2D eigenvalue weighted by atomic mass is 14.9. The van der Waals surface area contributed by atoms with Gasteiger partial charge in [-0.15, -0.1) is 0 Å². The molecule has 0 aliphatic heterocycles. The third kappa shape index (κ3) is 2.77. The fraction of sp³-hybridized carbons (Fsp3) is 0.421. The van der Waals surface area contributed by atoms with Gasteiger partial charge in [-0.05, 0) is 43.2 Å². The van der Waals surface area contributed by atoms with Crippen molar-refractivity contribution in [2.75, 3.05) is 0 Å². The van der Waals surface area contributed by atoms with E-state index in [-0.39, 0.29) is 11.3 Å². The molecule has 106 valence electrons. The molecule has 1 heteroatoms. The summed E-state index contributed by atoms with van der Waals surface area (Å²) in [4.78, 5) is 0. The van der Waals surface area contributed by atoms with Crippen molar-refractivity contribution in [1.29, 1.82) is 0 Å². The van der Waals surface area contributed by atoms with Crippen molar-refractivity contribution in [2.24, 2.45) is 7.05 Å². The summed E-state index contributed by atoms with van der Waals surface area (Å²) in [6.07, 6.45) is 0.930. The Morgan fingerprint density at radius 2 is 1.85 bits per heavy atom. The van der Waals surface area contributed by atoms with Gasteiger partial charge >= 0.3 is 0 Å². The minimum Gasteiger partial charge on any atom is -0.201 e. The Bertz CT molecular complexity index is 1060. The molecule has 0 aliphatic rings. The smallest absolute Gasteiger partial charge is 0.201 e. The van der Waals surface area contributed by atoms with Crippen LogP contribution in [-0.4, -0.2) is 0 Å². The second-order valence-corrected chi connectivity index (χ2v) is 4.88. The van der Waals surface area contributed by atoms with Gasteiger partial charge in [0.05, 0.1) is 0 Å². The third-order valence-corrected chi connectivity index (χ3v) is 3.18. The van der Waals surface area contributed by atoms with Crippen LogP contribution in [0.25, 0.3) is 11.3 Å². The highest BCUT2D eigenvalue weighted by molar-refractivity contribution is 5.62. The van der Waals surface area contributed by atoms with Crippen LogP contribution in [0.15, 0.2) is 30.5 Å². The number of nitrogens with zero attached hydrogens (tertiary/aromatic N) is 1. The summed E-state index contributed by atoms with van der Waals surface area (Å²) in [7, 11) is 1.39. The van der Waals surface area contributed by atoms with Gasteiger partial charge in [-0.2, -0.15) is 0 Å². The Morgan fingerprint density at radius 3 is 2.45 bits per heavy atom. The quantitative estimate of drug-likeness (QED) is 0.683. The molecule has 0 unspecified atom stereocenters. The first kappa shape index (κ1) is 4.69. The highest BCUT2D eigenvalue weighted by Gasteiger charge is 2.22. The fourth-order valence-electron chi connectivity index (χ4n) is 2.17. The molecule has 1 aromatic heterocycles. The van der Waals surface area contributed by atoms with Crippen molar-refractivity contribution >= 4 is 0 Å². The molecular weight excluding hydrogens is 242 g/mol. The van der Waals surface area contributed by atoms with Crippen molar-refractivity contribution in [3.8, 4) is 11.3 Å². The van der Waals surface area contributed by atoms with Crippen LogP contribution < -0.4 is 4.57 Å². The third-order valence-electron chi connectivity index (χ3n) is 3.18. The number of pyridine rings is 1. The second kappa shape index (κ2) is 5.05. The highest BCUT2D eigenvalue weighted by Crippen LogP contribution is 2.28. The maximum absolute atomic E-state index is 8.01. The molecule has 0 bridgehead atoms. The molecule has 0 spiro atoms. The maximum atomic E-state index is 8.01. The first-order valence-corrected chi connectivity index (χ1v) is 6.03. The van der Waals surface area contributed by atoms with Crippen LogP contribution in [0.5, 0.6) is 0 Å². The molecule has 1 aromatic carbocycles. The van der Waals surface area contributed by atoms with Gasteiger partial charge in [-0.25, -0.2) is 4.57 Å². The van der Waals surface area contributed by atoms with Gasteiger partial charge < -0.3 is 0 Å². The van der Waals surface area contributed by atoms with Crippen LogP contribution >= 0.6 is 0 Å². The van der Waals surface area contributed by atoms with Gasteiger partial charge in [0.15, 0.2) is 6.20 Å². The molecule has 0 aliphatic carbocycles. The predicted molar refractivity (Wildman–Crippen MR) is 86.0 cm³/mol. The van der Waals surface area contributed by atoms with E-state index in [4.69, 9.17) is 20.6 Å². The molecule has 0 saturated heterocycles. The van der Waals surface area contributed by atoms with Crippen LogP contribution in [0.4, 0.5) is 0 Å².